The molecule has 266 valence electrons. The first-order valence-corrected chi connectivity index (χ1v) is 19.4. The Balaban J connectivity index is 1.17. The molecular weight excluding hydrogens is 679 g/mol. The van der Waals surface area contributed by atoms with Gasteiger partial charge in [-0.15, -0.1) is 0 Å². The van der Waals surface area contributed by atoms with Crippen LogP contribution in [0.1, 0.15) is 23.5 Å². The third kappa shape index (κ3) is 6.22. The van der Waals surface area contributed by atoms with Crippen LogP contribution in [0.2, 0.25) is 0 Å². The number of rotatable bonds is 8. The van der Waals surface area contributed by atoms with E-state index < -0.39 is 0 Å². The SMILES string of the molecule is C1=CC(c2ccc(N(c3ccc(-c4ccccc4)cc3)c3ccc(-c4ccccc4)cc3)c3oc4c(-c5ccccc5)cccc4c23)CC=C1c1ccccc1. The average molecular weight is 718 g/mol. The monoisotopic (exact) mass is 717 g/mol. The maximum absolute atomic E-state index is 7.22. The molecule has 0 amide bonds. The van der Waals surface area contributed by atoms with Gasteiger partial charge in [-0.2, -0.15) is 0 Å². The zero-order chi connectivity index (χ0) is 37.3. The minimum absolute atomic E-state index is 0.198. The van der Waals surface area contributed by atoms with Crippen LogP contribution in [0.5, 0.6) is 0 Å². The van der Waals surface area contributed by atoms with Crippen LogP contribution in [0.4, 0.5) is 17.1 Å². The molecule has 0 bridgehead atoms. The molecule has 1 aliphatic rings. The smallest absolute Gasteiger partial charge is 0.159 e. The first-order chi connectivity index (χ1) is 27.8. The second kappa shape index (κ2) is 14.6. The van der Waals surface area contributed by atoms with Crippen LogP contribution in [0.15, 0.2) is 223 Å². The molecule has 9 aromatic rings. The third-order valence-corrected chi connectivity index (χ3v) is 11.1. The van der Waals surface area contributed by atoms with Gasteiger partial charge in [-0.1, -0.05) is 188 Å². The number of allylic oxidation sites excluding steroid dienone is 4. The zero-order valence-electron chi connectivity index (χ0n) is 30.9. The van der Waals surface area contributed by atoms with Gasteiger partial charge in [0.05, 0.1) is 5.69 Å². The summed E-state index contributed by atoms with van der Waals surface area (Å²) in [6.07, 6.45) is 7.95. The van der Waals surface area contributed by atoms with Crippen LogP contribution < -0.4 is 4.90 Å². The van der Waals surface area contributed by atoms with E-state index in [0.717, 1.165) is 56.5 Å². The molecule has 1 heterocycles. The number of fused-ring (bicyclic) bond motifs is 3. The van der Waals surface area contributed by atoms with Crippen molar-refractivity contribution < 1.29 is 4.42 Å². The summed E-state index contributed by atoms with van der Waals surface area (Å²) in [6, 6.07) is 71.3. The van der Waals surface area contributed by atoms with Gasteiger partial charge in [0, 0.05) is 33.6 Å². The van der Waals surface area contributed by atoms with Crippen molar-refractivity contribution >= 4 is 44.6 Å². The topological polar surface area (TPSA) is 16.4 Å². The van der Waals surface area contributed by atoms with Crippen LogP contribution in [-0.2, 0) is 0 Å². The largest absolute Gasteiger partial charge is 0.453 e. The van der Waals surface area contributed by atoms with Gasteiger partial charge in [-0.3, -0.25) is 0 Å². The van der Waals surface area contributed by atoms with Gasteiger partial charge in [0.15, 0.2) is 5.58 Å². The van der Waals surface area contributed by atoms with E-state index >= 15 is 0 Å². The number of hydrogen-bond acceptors (Lipinski definition) is 2. The molecule has 0 N–H and O–H groups in total. The van der Waals surface area contributed by atoms with Gasteiger partial charge in [-0.05, 0) is 81.3 Å². The zero-order valence-corrected chi connectivity index (χ0v) is 30.9. The minimum atomic E-state index is 0.198. The van der Waals surface area contributed by atoms with Crippen molar-refractivity contribution in [3.05, 3.63) is 230 Å². The van der Waals surface area contributed by atoms with E-state index in [-0.39, 0.29) is 5.92 Å². The Kier molecular flexibility index (Phi) is 8.70. The highest BCUT2D eigenvalue weighted by Gasteiger charge is 2.26. The maximum atomic E-state index is 7.22. The van der Waals surface area contributed by atoms with Crippen LogP contribution in [-0.4, -0.2) is 0 Å². The molecule has 0 radical (unpaired) electrons. The Morgan fingerprint density at radius 1 is 0.429 bits per heavy atom. The minimum Gasteiger partial charge on any atom is -0.453 e. The van der Waals surface area contributed by atoms with Gasteiger partial charge in [-0.25, -0.2) is 0 Å². The van der Waals surface area contributed by atoms with Crippen LogP contribution in [0.25, 0.3) is 60.9 Å². The lowest BCUT2D eigenvalue weighted by Gasteiger charge is -2.27. The Bertz CT molecular complexity index is 2750. The molecule has 1 aromatic heterocycles. The van der Waals surface area contributed by atoms with Gasteiger partial charge < -0.3 is 9.32 Å². The number of nitrogens with zero attached hydrogens (tertiary/aromatic N) is 1. The highest BCUT2D eigenvalue weighted by Crippen LogP contribution is 2.48. The van der Waals surface area contributed by atoms with Crippen molar-refractivity contribution in [2.24, 2.45) is 0 Å². The van der Waals surface area contributed by atoms with Crippen molar-refractivity contribution in [1.82, 2.24) is 0 Å². The molecular formula is C54H39NO. The van der Waals surface area contributed by atoms with Gasteiger partial charge in [0.2, 0.25) is 0 Å². The summed E-state index contributed by atoms with van der Waals surface area (Å²) in [7, 11) is 0. The number of para-hydroxylation sites is 1. The first-order valence-electron chi connectivity index (χ1n) is 19.4. The molecule has 0 saturated carbocycles. The molecule has 1 aliphatic carbocycles. The normalized spacial score (nSPS) is 13.9. The molecule has 1 atom stereocenters. The Morgan fingerprint density at radius 2 is 0.946 bits per heavy atom. The lowest BCUT2D eigenvalue weighted by Crippen LogP contribution is -2.11. The predicted molar refractivity (Wildman–Crippen MR) is 236 cm³/mol. The molecule has 0 spiro atoms. The molecule has 0 fully saturated rings. The van der Waals surface area contributed by atoms with Gasteiger partial charge in [0.1, 0.15) is 5.58 Å². The van der Waals surface area contributed by atoms with Crippen LogP contribution >= 0.6 is 0 Å². The summed E-state index contributed by atoms with van der Waals surface area (Å²) in [5, 5.41) is 2.29. The molecule has 1 unspecified atom stereocenters. The van der Waals surface area contributed by atoms with Crippen molar-refractivity contribution in [2.75, 3.05) is 4.90 Å². The molecule has 0 saturated heterocycles. The van der Waals surface area contributed by atoms with Crippen LogP contribution in [0, 0.1) is 0 Å². The Labute approximate surface area is 327 Å². The summed E-state index contributed by atoms with van der Waals surface area (Å²) in [5.41, 5.74) is 15.7. The number of furan rings is 1. The third-order valence-electron chi connectivity index (χ3n) is 11.1. The summed E-state index contributed by atoms with van der Waals surface area (Å²) < 4.78 is 7.22. The molecule has 2 nitrogen and oxygen atoms in total. The summed E-state index contributed by atoms with van der Waals surface area (Å²) in [4.78, 5) is 2.35. The van der Waals surface area contributed by atoms with Crippen molar-refractivity contribution in [3.63, 3.8) is 0 Å². The van der Waals surface area contributed by atoms with E-state index in [4.69, 9.17) is 4.42 Å². The van der Waals surface area contributed by atoms with Gasteiger partial charge >= 0.3 is 0 Å². The van der Waals surface area contributed by atoms with Crippen molar-refractivity contribution in [1.29, 1.82) is 0 Å². The van der Waals surface area contributed by atoms with E-state index in [1.165, 1.54) is 39.0 Å². The first kappa shape index (κ1) is 33.4. The molecule has 8 aromatic carbocycles. The molecule has 10 rings (SSSR count). The predicted octanol–water partition coefficient (Wildman–Crippen LogP) is 15.2. The fourth-order valence-corrected chi connectivity index (χ4v) is 8.23. The summed E-state index contributed by atoms with van der Waals surface area (Å²) >= 11 is 0. The van der Waals surface area contributed by atoms with Gasteiger partial charge in [0.25, 0.3) is 0 Å². The fraction of sp³-hybridized carbons (Fsp3) is 0.0370. The van der Waals surface area contributed by atoms with Crippen molar-refractivity contribution in [2.45, 2.75) is 12.3 Å². The molecule has 2 heteroatoms. The Morgan fingerprint density at radius 3 is 1.48 bits per heavy atom. The molecule has 0 aliphatic heterocycles. The van der Waals surface area contributed by atoms with Crippen molar-refractivity contribution in [3.8, 4) is 33.4 Å². The van der Waals surface area contributed by atoms with E-state index in [9.17, 15) is 0 Å². The highest BCUT2D eigenvalue weighted by atomic mass is 16.3. The quantitative estimate of drug-likeness (QED) is 0.156. The summed E-state index contributed by atoms with van der Waals surface area (Å²) in [5.74, 6) is 0.198. The number of hydrogen-bond donors (Lipinski definition) is 0. The maximum Gasteiger partial charge on any atom is 0.159 e. The Hall–Kier alpha value is -7.16. The van der Waals surface area contributed by atoms with E-state index in [2.05, 4.69) is 223 Å². The second-order valence-corrected chi connectivity index (χ2v) is 14.4. The summed E-state index contributed by atoms with van der Waals surface area (Å²) in [6.45, 7) is 0. The second-order valence-electron chi connectivity index (χ2n) is 14.4. The highest BCUT2D eigenvalue weighted by molar-refractivity contribution is 6.15. The lowest BCUT2D eigenvalue weighted by molar-refractivity contribution is 0.669. The van der Waals surface area contributed by atoms with E-state index in [0.29, 0.717) is 0 Å². The molecule has 56 heavy (non-hydrogen) atoms. The van der Waals surface area contributed by atoms with E-state index in [1.54, 1.807) is 0 Å². The number of anilines is 3. The fourth-order valence-electron chi connectivity index (χ4n) is 8.23. The standard InChI is InChI=1S/C54H39NO/c1-5-14-38(15-6-1)41-24-26-45(27-25-41)48-36-37-51(54-52(48)50-23-13-22-49(53(50)56-54)44-20-11-4-12-21-44)55(46-32-28-42(29-33-46)39-16-7-2-8-17-39)47-34-30-43(31-35-47)40-18-9-3-10-19-40/h1-26,28-37,45H,27H2. The van der Waals surface area contributed by atoms with Crippen LogP contribution in [0.3, 0.4) is 0 Å². The van der Waals surface area contributed by atoms with E-state index in [1.807, 2.05) is 0 Å². The lowest BCUT2D eigenvalue weighted by atomic mass is 9.85. The average Bonchev–Trinajstić information content (AvgIpc) is 3.69. The number of benzene rings is 8.